The monoisotopic (exact) mass is 201 g/mol. The number of ether oxygens (including phenoxy) is 1. The highest BCUT2D eigenvalue weighted by Gasteiger charge is 2.15. The quantitative estimate of drug-likeness (QED) is 0.524. The number of morpholine rings is 1. The summed E-state index contributed by atoms with van der Waals surface area (Å²) in [6, 6.07) is 0.667. The molecule has 2 atom stereocenters. The van der Waals surface area contributed by atoms with Crippen molar-refractivity contribution in [2.45, 2.75) is 25.4 Å². The second-order valence-corrected chi connectivity index (χ2v) is 3.71. The summed E-state index contributed by atoms with van der Waals surface area (Å²) >= 11 is 0. The van der Waals surface area contributed by atoms with E-state index in [4.69, 9.17) is 10.5 Å². The van der Waals surface area contributed by atoms with Crippen LogP contribution in [-0.4, -0.2) is 44.3 Å². The van der Waals surface area contributed by atoms with Crippen LogP contribution in [0.1, 0.15) is 13.3 Å². The summed E-state index contributed by atoms with van der Waals surface area (Å²) in [4.78, 5) is 10.5. The zero-order chi connectivity index (χ0) is 10.4. The van der Waals surface area contributed by atoms with Gasteiger partial charge in [0.25, 0.3) is 0 Å². The third-order valence-corrected chi connectivity index (χ3v) is 2.26. The molecule has 0 aromatic rings. The maximum Gasteiger partial charge on any atom is 0.231 e. The van der Waals surface area contributed by atoms with Gasteiger partial charge in [-0.25, -0.2) is 0 Å². The molecule has 5 nitrogen and oxygen atoms in total. The molecule has 1 saturated heterocycles. The molecule has 0 spiro atoms. The summed E-state index contributed by atoms with van der Waals surface area (Å²) in [6.07, 6.45) is 0.952. The lowest BCUT2D eigenvalue weighted by Crippen LogP contribution is -2.46. The Morgan fingerprint density at radius 3 is 3.14 bits per heavy atom. The normalized spacial score (nSPS) is 24.5. The van der Waals surface area contributed by atoms with Gasteiger partial charge >= 0.3 is 0 Å². The number of primary amides is 1. The smallest absolute Gasteiger partial charge is 0.231 e. The highest BCUT2D eigenvalue weighted by Crippen LogP contribution is 2.01. The molecule has 1 heterocycles. The van der Waals surface area contributed by atoms with Gasteiger partial charge in [0, 0.05) is 18.6 Å². The van der Waals surface area contributed by atoms with E-state index in [1.807, 2.05) is 6.92 Å². The van der Waals surface area contributed by atoms with Crippen LogP contribution in [0.3, 0.4) is 0 Å². The second-order valence-electron chi connectivity index (χ2n) is 3.71. The zero-order valence-electron chi connectivity index (χ0n) is 8.58. The van der Waals surface area contributed by atoms with Crippen LogP contribution < -0.4 is 16.4 Å². The first-order chi connectivity index (χ1) is 6.68. The maximum absolute atomic E-state index is 10.5. The molecule has 0 aliphatic carbocycles. The van der Waals surface area contributed by atoms with Gasteiger partial charge in [0.1, 0.15) is 0 Å². The Balaban J connectivity index is 2.11. The van der Waals surface area contributed by atoms with Crippen molar-refractivity contribution in [2.24, 2.45) is 5.73 Å². The Hall–Kier alpha value is -0.650. The molecule has 1 amide bonds. The van der Waals surface area contributed by atoms with E-state index in [1.165, 1.54) is 0 Å². The lowest BCUT2D eigenvalue weighted by molar-refractivity contribution is -0.117. The summed E-state index contributed by atoms with van der Waals surface area (Å²) in [5.74, 6) is -0.315. The van der Waals surface area contributed by atoms with Crippen LogP contribution in [0.5, 0.6) is 0 Å². The lowest BCUT2D eigenvalue weighted by Gasteiger charge is -2.26. The minimum absolute atomic E-state index is 0.245. The number of amides is 1. The fourth-order valence-electron chi connectivity index (χ4n) is 1.56. The molecule has 14 heavy (non-hydrogen) atoms. The van der Waals surface area contributed by atoms with Gasteiger partial charge in [-0.3, -0.25) is 4.79 Å². The van der Waals surface area contributed by atoms with Gasteiger partial charge in [-0.2, -0.15) is 0 Å². The number of carbonyl (C=O) groups excluding carboxylic acids is 1. The number of hydrogen-bond acceptors (Lipinski definition) is 4. The summed E-state index contributed by atoms with van der Waals surface area (Å²) in [7, 11) is 0. The van der Waals surface area contributed by atoms with E-state index in [-0.39, 0.29) is 18.5 Å². The van der Waals surface area contributed by atoms with Gasteiger partial charge in [-0.15, -0.1) is 0 Å². The van der Waals surface area contributed by atoms with Crippen molar-refractivity contribution in [3.63, 3.8) is 0 Å². The van der Waals surface area contributed by atoms with Crippen molar-refractivity contribution in [1.29, 1.82) is 0 Å². The van der Waals surface area contributed by atoms with Crippen molar-refractivity contribution in [1.82, 2.24) is 10.6 Å². The third kappa shape index (κ3) is 4.55. The van der Waals surface area contributed by atoms with E-state index in [2.05, 4.69) is 10.6 Å². The molecule has 2 unspecified atom stereocenters. The summed E-state index contributed by atoms with van der Waals surface area (Å²) in [5, 5.41) is 6.42. The molecule has 1 rings (SSSR count). The lowest BCUT2D eigenvalue weighted by atomic mass is 10.1. The Morgan fingerprint density at radius 1 is 1.79 bits per heavy atom. The molecule has 4 N–H and O–H groups in total. The molecular formula is C9H19N3O2. The topological polar surface area (TPSA) is 76.4 Å². The van der Waals surface area contributed by atoms with Gasteiger partial charge in [0.05, 0.1) is 19.8 Å². The van der Waals surface area contributed by atoms with Crippen LogP contribution in [0.15, 0.2) is 0 Å². The van der Waals surface area contributed by atoms with E-state index < -0.39 is 0 Å². The van der Waals surface area contributed by atoms with Crippen molar-refractivity contribution in [3.8, 4) is 0 Å². The Bertz CT molecular complexity index is 181. The minimum Gasteiger partial charge on any atom is -0.379 e. The molecule has 0 aromatic heterocycles. The van der Waals surface area contributed by atoms with E-state index >= 15 is 0 Å². The average molecular weight is 201 g/mol. The number of carbonyl (C=O) groups is 1. The van der Waals surface area contributed by atoms with Crippen LogP contribution in [-0.2, 0) is 9.53 Å². The molecule has 0 radical (unpaired) electrons. The number of nitrogens with two attached hydrogens (primary N) is 1. The van der Waals surface area contributed by atoms with E-state index in [1.54, 1.807) is 0 Å². The number of hydrogen-bond donors (Lipinski definition) is 3. The third-order valence-electron chi connectivity index (χ3n) is 2.26. The Kier molecular flexibility index (Phi) is 4.86. The van der Waals surface area contributed by atoms with Gasteiger partial charge in [0.15, 0.2) is 0 Å². The van der Waals surface area contributed by atoms with Gasteiger partial charge in [-0.05, 0) is 13.3 Å². The molecular weight excluding hydrogens is 182 g/mol. The number of nitrogens with one attached hydrogen (secondary N) is 2. The first-order valence-electron chi connectivity index (χ1n) is 5.01. The highest BCUT2D eigenvalue weighted by molar-refractivity contribution is 5.75. The van der Waals surface area contributed by atoms with Crippen molar-refractivity contribution in [2.75, 3.05) is 26.3 Å². The number of rotatable bonds is 5. The second kappa shape index (κ2) is 5.95. The SMILES string of the molecule is CC(CC1COCCN1)NCC(N)=O. The molecule has 0 saturated carbocycles. The van der Waals surface area contributed by atoms with Crippen LogP contribution in [0.4, 0.5) is 0 Å². The molecule has 82 valence electrons. The average Bonchev–Trinajstić information content (AvgIpc) is 2.16. The fraction of sp³-hybridized carbons (Fsp3) is 0.889. The Labute approximate surface area is 84.4 Å². The maximum atomic E-state index is 10.5. The summed E-state index contributed by atoms with van der Waals surface area (Å²) in [5.41, 5.74) is 5.03. The first-order valence-corrected chi connectivity index (χ1v) is 5.01. The minimum atomic E-state index is -0.315. The molecule has 0 bridgehead atoms. The van der Waals surface area contributed by atoms with E-state index in [0.717, 1.165) is 26.2 Å². The fourth-order valence-corrected chi connectivity index (χ4v) is 1.56. The molecule has 5 heteroatoms. The Morgan fingerprint density at radius 2 is 2.57 bits per heavy atom. The molecule has 1 fully saturated rings. The van der Waals surface area contributed by atoms with E-state index in [0.29, 0.717) is 6.04 Å². The summed E-state index contributed by atoms with van der Waals surface area (Å²) in [6.45, 7) is 4.74. The van der Waals surface area contributed by atoms with Crippen molar-refractivity contribution < 1.29 is 9.53 Å². The zero-order valence-corrected chi connectivity index (χ0v) is 8.58. The van der Waals surface area contributed by atoms with Crippen molar-refractivity contribution >= 4 is 5.91 Å². The van der Waals surface area contributed by atoms with E-state index in [9.17, 15) is 4.79 Å². The molecule has 0 aromatic carbocycles. The predicted octanol–water partition coefficient (Wildman–Crippen LogP) is -1.17. The van der Waals surface area contributed by atoms with Gasteiger partial charge in [-0.1, -0.05) is 0 Å². The summed E-state index contributed by atoms with van der Waals surface area (Å²) < 4.78 is 5.33. The van der Waals surface area contributed by atoms with Gasteiger partial charge in [0.2, 0.25) is 5.91 Å². The highest BCUT2D eigenvalue weighted by atomic mass is 16.5. The standard InChI is InChI=1S/C9H19N3O2/c1-7(12-5-9(10)13)4-8-6-14-3-2-11-8/h7-8,11-12H,2-6H2,1H3,(H2,10,13). The largest absolute Gasteiger partial charge is 0.379 e. The van der Waals surface area contributed by atoms with Crippen LogP contribution in [0.25, 0.3) is 0 Å². The predicted molar refractivity (Wildman–Crippen MR) is 53.9 cm³/mol. The van der Waals surface area contributed by atoms with Crippen LogP contribution >= 0.6 is 0 Å². The first kappa shape index (κ1) is 11.4. The van der Waals surface area contributed by atoms with Crippen LogP contribution in [0, 0.1) is 0 Å². The molecule has 1 aliphatic heterocycles. The van der Waals surface area contributed by atoms with Crippen LogP contribution in [0.2, 0.25) is 0 Å². The van der Waals surface area contributed by atoms with Gasteiger partial charge < -0.3 is 21.1 Å². The molecule has 1 aliphatic rings. The van der Waals surface area contributed by atoms with Crippen molar-refractivity contribution in [3.05, 3.63) is 0 Å².